The van der Waals surface area contributed by atoms with Crippen LogP contribution in [0.1, 0.15) is 38.3 Å². The molecule has 33 heavy (non-hydrogen) atoms. The monoisotopic (exact) mass is 448 g/mol. The second kappa shape index (κ2) is 8.62. The zero-order valence-corrected chi connectivity index (χ0v) is 19.3. The number of aromatic nitrogens is 3. The highest BCUT2D eigenvalue weighted by molar-refractivity contribution is 5.87. The van der Waals surface area contributed by atoms with Crippen molar-refractivity contribution in [2.45, 2.75) is 45.4 Å². The Morgan fingerprint density at radius 3 is 2.79 bits per heavy atom. The van der Waals surface area contributed by atoms with Gasteiger partial charge in [0.25, 0.3) is 0 Å². The fraction of sp³-hybridized carbons (Fsp3) is 0.417. The van der Waals surface area contributed by atoms with Crippen LogP contribution in [-0.2, 0) is 18.3 Å². The van der Waals surface area contributed by atoms with Gasteiger partial charge in [-0.05, 0) is 44.9 Å². The first-order valence-electron chi connectivity index (χ1n) is 10.9. The van der Waals surface area contributed by atoms with E-state index in [1.165, 1.54) is 4.57 Å². The molecule has 0 bridgehead atoms. The van der Waals surface area contributed by atoms with Crippen molar-refractivity contribution in [2.75, 3.05) is 18.0 Å². The number of aryl methyl sites for hydroxylation is 1. The van der Waals surface area contributed by atoms with Gasteiger partial charge in [0.05, 0.1) is 29.9 Å². The molecule has 1 amide bonds. The lowest BCUT2D eigenvalue weighted by Crippen LogP contribution is -2.40. The van der Waals surface area contributed by atoms with E-state index in [0.717, 1.165) is 29.7 Å². The van der Waals surface area contributed by atoms with Crippen LogP contribution in [-0.4, -0.2) is 44.9 Å². The van der Waals surface area contributed by atoms with Gasteiger partial charge in [0.2, 0.25) is 0 Å². The molecule has 0 saturated carbocycles. The Bertz CT molecular complexity index is 1290. The van der Waals surface area contributed by atoms with Gasteiger partial charge in [-0.15, -0.1) is 0 Å². The van der Waals surface area contributed by atoms with Crippen LogP contribution >= 0.6 is 0 Å². The van der Waals surface area contributed by atoms with Gasteiger partial charge in [0.15, 0.2) is 5.65 Å². The number of ether oxygens (including phenoxy) is 1. The van der Waals surface area contributed by atoms with Gasteiger partial charge in [-0.2, -0.15) is 5.26 Å². The van der Waals surface area contributed by atoms with Gasteiger partial charge >= 0.3 is 11.8 Å². The van der Waals surface area contributed by atoms with Crippen LogP contribution in [0.25, 0.3) is 11.2 Å². The Labute approximate surface area is 192 Å². The predicted octanol–water partition coefficient (Wildman–Crippen LogP) is 2.76. The second-order valence-corrected chi connectivity index (χ2v) is 9.28. The van der Waals surface area contributed by atoms with Crippen molar-refractivity contribution < 1.29 is 9.53 Å². The molecular weight excluding hydrogens is 420 g/mol. The van der Waals surface area contributed by atoms with E-state index in [2.05, 4.69) is 21.3 Å². The van der Waals surface area contributed by atoms with Gasteiger partial charge < -0.3 is 15.0 Å². The molecule has 172 valence electrons. The topological polar surface area (TPSA) is 105 Å². The number of benzene rings is 1. The standard InChI is InChI=1S/C24H28N6O3/c1-24(2,3)33-22(31)27-18-10-12-29(15-18)19-9-11-26-21-20(19)30(23(32)28(21)4)14-17-8-6-5-7-16(17)13-25/h5-9,11,18H,10,12,14-15H2,1-4H3,(H,27,31)/t18-/m1/s1. The number of imidazole rings is 1. The summed E-state index contributed by atoms with van der Waals surface area (Å²) in [7, 11) is 1.70. The lowest BCUT2D eigenvalue weighted by molar-refractivity contribution is 0.0509. The quantitative estimate of drug-likeness (QED) is 0.658. The Morgan fingerprint density at radius 1 is 1.30 bits per heavy atom. The molecule has 2 aromatic heterocycles. The van der Waals surface area contributed by atoms with Crippen molar-refractivity contribution >= 4 is 22.9 Å². The molecule has 0 radical (unpaired) electrons. The first-order valence-corrected chi connectivity index (χ1v) is 10.9. The van der Waals surface area contributed by atoms with Crippen LogP contribution in [0.15, 0.2) is 41.3 Å². The summed E-state index contributed by atoms with van der Waals surface area (Å²) in [5, 5.41) is 12.4. The average molecular weight is 449 g/mol. The summed E-state index contributed by atoms with van der Waals surface area (Å²) < 4.78 is 8.58. The van der Waals surface area contributed by atoms with Crippen LogP contribution in [0.2, 0.25) is 0 Å². The molecule has 1 saturated heterocycles. The van der Waals surface area contributed by atoms with Crippen molar-refractivity contribution in [1.82, 2.24) is 19.4 Å². The van der Waals surface area contributed by atoms with E-state index < -0.39 is 11.7 Å². The van der Waals surface area contributed by atoms with E-state index in [-0.39, 0.29) is 18.3 Å². The normalized spacial score (nSPS) is 16.1. The van der Waals surface area contributed by atoms with E-state index in [4.69, 9.17) is 4.74 Å². The number of alkyl carbamates (subject to hydrolysis) is 1. The molecule has 1 atom stereocenters. The third-order valence-corrected chi connectivity index (χ3v) is 5.71. The maximum atomic E-state index is 13.1. The van der Waals surface area contributed by atoms with Crippen LogP contribution in [0.5, 0.6) is 0 Å². The van der Waals surface area contributed by atoms with Crippen molar-refractivity contribution in [1.29, 1.82) is 5.26 Å². The molecule has 0 aliphatic carbocycles. The second-order valence-electron chi connectivity index (χ2n) is 9.28. The fourth-order valence-electron chi connectivity index (χ4n) is 4.22. The molecular formula is C24H28N6O3. The summed E-state index contributed by atoms with van der Waals surface area (Å²) in [6.07, 6.45) is 2.02. The molecule has 9 nitrogen and oxygen atoms in total. The maximum absolute atomic E-state index is 13.1. The van der Waals surface area contributed by atoms with Crippen LogP contribution in [0.4, 0.5) is 10.5 Å². The van der Waals surface area contributed by atoms with E-state index in [9.17, 15) is 14.9 Å². The number of nitrogens with zero attached hydrogens (tertiary/aromatic N) is 5. The smallest absolute Gasteiger partial charge is 0.407 e. The van der Waals surface area contributed by atoms with Crippen molar-refractivity contribution in [2.24, 2.45) is 7.05 Å². The Morgan fingerprint density at radius 2 is 2.06 bits per heavy atom. The summed E-state index contributed by atoms with van der Waals surface area (Å²) >= 11 is 0. The number of hydrogen-bond donors (Lipinski definition) is 1. The Hall–Kier alpha value is -3.80. The molecule has 1 aromatic carbocycles. The molecule has 1 aliphatic rings. The third-order valence-electron chi connectivity index (χ3n) is 5.71. The molecule has 1 N–H and O–H groups in total. The van der Waals surface area contributed by atoms with Crippen LogP contribution < -0.4 is 15.9 Å². The summed E-state index contributed by atoms with van der Waals surface area (Å²) in [5.41, 5.74) is 2.73. The molecule has 0 unspecified atom stereocenters. The lowest BCUT2D eigenvalue weighted by atomic mass is 10.1. The largest absolute Gasteiger partial charge is 0.444 e. The summed E-state index contributed by atoms with van der Waals surface area (Å²) in [5.74, 6) is 0. The van der Waals surface area contributed by atoms with Crippen molar-refractivity contribution in [3.8, 4) is 6.07 Å². The van der Waals surface area contributed by atoms with E-state index in [1.807, 2.05) is 45.0 Å². The zero-order valence-electron chi connectivity index (χ0n) is 19.3. The first-order chi connectivity index (χ1) is 15.7. The number of hydrogen-bond acceptors (Lipinski definition) is 6. The van der Waals surface area contributed by atoms with Gasteiger partial charge in [-0.1, -0.05) is 18.2 Å². The molecule has 4 rings (SSSR count). The Balaban J connectivity index is 1.66. The molecule has 1 fully saturated rings. The van der Waals surface area contributed by atoms with Crippen molar-refractivity contribution in [3.05, 3.63) is 58.1 Å². The SMILES string of the molecule is Cn1c(=O)n(Cc2ccccc2C#N)c2c(N3CC[C@@H](NC(=O)OC(C)(C)C)C3)ccnc21. The highest BCUT2D eigenvalue weighted by Crippen LogP contribution is 2.28. The number of amides is 1. The minimum Gasteiger partial charge on any atom is -0.444 e. The van der Waals surface area contributed by atoms with Gasteiger partial charge in [-0.25, -0.2) is 14.6 Å². The predicted molar refractivity (Wildman–Crippen MR) is 125 cm³/mol. The number of carbonyl (C=O) groups is 1. The third kappa shape index (κ3) is 4.55. The number of nitrogens with one attached hydrogen (secondary N) is 1. The number of nitriles is 1. The molecule has 0 spiro atoms. The van der Waals surface area contributed by atoms with Crippen LogP contribution in [0, 0.1) is 11.3 Å². The van der Waals surface area contributed by atoms with E-state index in [0.29, 0.717) is 17.8 Å². The highest BCUT2D eigenvalue weighted by atomic mass is 16.6. The first kappa shape index (κ1) is 22.4. The zero-order chi connectivity index (χ0) is 23.8. The average Bonchev–Trinajstić information content (AvgIpc) is 3.31. The van der Waals surface area contributed by atoms with E-state index >= 15 is 0 Å². The number of pyridine rings is 1. The van der Waals surface area contributed by atoms with E-state index in [1.54, 1.807) is 23.9 Å². The number of carbonyl (C=O) groups excluding carboxylic acids is 1. The number of fused-ring (bicyclic) bond motifs is 1. The van der Waals surface area contributed by atoms with Crippen molar-refractivity contribution in [3.63, 3.8) is 0 Å². The molecule has 1 aliphatic heterocycles. The van der Waals surface area contributed by atoms with Gasteiger partial charge in [0.1, 0.15) is 11.1 Å². The molecule has 9 heteroatoms. The molecule has 3 heterocycles. The number of rotatable bonds is 4. The minimum atomic E-state index is -0.556. The molecule has 3 aromatic rings. The maximum Gasteiger partial charge on any atom is 0.407 e. The summed E-state index contributed by atoms with van der Waals surface area (Å²) in [4.78, 5) is 31.9. The summed E-state index contributed by atoms with van der Waals surface area (Å²) in [6, 6.07) is 11.3. The minimum absolute atomic E-state index is 0.0636. The van der Waals surface area contributed by atoms with Gasteiger partial charge in [0, 0.05) is 26.3 Å². The Kier molecular flexibility index (Phi) is 5.85. The highest BCUT2D eigenvalue weighted by Gasteiger charge is 2.29. The summed E-state index contributed by atoms with van der Waals surface area (Å²) in [6.45, 7) is 7.08. The van der Waals surface area contributed by atoms with Gasteiger partial charge in [-0.3, -0.25) is 9.13 Å². The lowest BCUT2D eigenvalue weighted by Gasteiger charge is -2.23. The number of anilines is 1. The fourth-order valence-corrected chi connectivity index (χ4v) is 4.22. The van der Waals surface area contributed by atoms with Crippen LogP contribution in [0.3, 0.4) is 0 Å².